The van der Waals surface area contributed by atoms with E-state index in [0.717, 1.165) is 17.8 Å². The summed E-state index contributed by atoms with van der Waals surface area (Å²) in [5.41, 5.74) is 2.52. The van der Waals surface area contributed by atoms with Gasteiger partial charge in [0.25, 0.3) is 0 Å². The Morgan fingerprint density at radius 2 is 1.50 bits per heavy atom. The molecular weight excluding hydrogens is 144 g/mol. The van der Waals surface area contributed by atoms with E-state index in [1.165, 1.54) is 11.1 Å². The van der Waals surface area contributed by atoms with Crippen molar-refractivity contribution >= 4 is 0 Å². The standard InChI is InChI=1S/C12H14/c1-4-9-6-11-8(3)12(11)7-10(9)5-2/h4-8,11-12H,1-2H2,3H3. The van der Waals surface area contributed by atoms with Crippen molar-refractivity contribution in [2.24, 2.45) is 17.8 Å². The van der Waals surface area contributed by atoms with Gasteiger partial charge in [-0.05, 0) is 28.9 Å². The Hall–Kier alpha value is -1.04. The second kappa shape index (κ2) is 2.48. The van der Waals surface area contributed by atoms with Crippen LogP contribution in [0.1, 0.15) is 6.92 Å². The van der Waals surface area contributed by atoms with E-state index in [0.29, 0.717) is 0 Å². The van der Waals surface area contributed by atoms with E-state index in [1.54, 1.807) is 0 Å². The minimum absolute atomic E-state index is 0.779. The smallest absolute Gasteiger partial charge is 0.0127 e. The number of fused-ring (bicyclic) bond motifs is 1. The summed E-state index contributed by atoms with van der Waals surface area (Å²) in [5, 5.41) is 0. The van der Waals surface area contributed by atoms with Crippen LogP contribution in [-0.2, 0) is 0 Å². The van der Waals surface area contributed by atoms with Crippen molar-refractivity contribution < 1.29 is 0 Å². The zero-order valence-corrected chi connectivity index (χ0v) is 7.46. The van der Waals surface area contributed by atoms with Crippen molar-refractivity contribution in [1.29, 1.82) is 0 Å². The lowest BCUT2D eigenvalue weighted by Gasteiger charge is -2.07. The third-order valence-corrected chi connectivity index (χ3v) is 3.03. The quantitative estimate of drug-likeness (QED) is 0.579. The molecule has 0 amide bonds. The van der Waals surface area contributed by atoms with E-state index in [2.05, 4.69) is 32.2 Å². The van der Waals surface area contributed by atoms with Gasteiger partial charge in [-0.2, -0.15) is 0 Å². The number of hydrogen-bond donors (Lipinski definition) is 0. The normalized spacial score (nSPS) is 37.6. The zero-order chi connectivity index (χ0) is 8.72. The summed E-state index contributed by atoms with van der Waals surface area (Å²) in [6, 6.07) is 0. The first-order chi connectivity index (χ1) is 5.77. The molecule has 0 radical (unpaired) electrons. The predicted molar refractivity (Wildman–Crippen MR) is 52.7 cm³/mol. The minimum atomic E-state index is 0.779. The van der Waals surface area contributed by atoms with Crippen LogP contribution < -0.4 is 0 Å². The van der Waals surface area contributed by atoms with Gasteiger partial charge >= 0.3 is 0 Å². The van der Waals surface area contributed by atoms with Gasteiger partial charge in [0.15, 0.2) is 0 Å². The van der Waals surface area contributed by atoms with E-state index in [1.807, 2.05) is 12.2 Å². The lowest BCUT2D eigenvalue weighted by Crippen LogP contribution is -1.91. The first-order valence-electron chi connectivity index (χ1n) is 4.47. The van der Waals surface area contributed by atoms with Gasteiger partial charge in [-0.25, -0.2) is 0 Å². The molecule has 0 aromatic heterocycles. The van der Waals surface area contributed by atoms with Crippen molar-refractivity contribution in [2.75, 3.05) is 0 Å². The fourth-order valence-corrected chi connectivity index (χ4v) is 2.03. The Balaban J connectivity index is 2.34. The lowest BCUT2D eigenvalue weighted by molar-refractivity contribution is 0.884. The third-order valence-electron chi connectivity index (χ3n) is 3.03. The van der Waals surface area contributed by atoms with Crippen molar-refractivity contribution in [3.05, 3.63) is 48.6 Å². The molecule has 0 bridgehead atoms. The van der Waals surface area contributed by atoms with Gasteiger partial charge in [0.2, 0.25) is 0 Å². The zero-order valence-electron chi connectivity index (χ0n) is 7.46. The molecule has 0 saturated heterocycles. The summed E-state index contributed by atoms with van der Waals surface area (Å²) in [6.45, 7) is 9.91. The highest BCUT2D eigenvalue weighted by Gasteiger charge is 2.45. The second-order valence-corrected chi connectivity index (χ2v) is 3.67. The topological polar surface area (TPSA) is 0 Å². The molecule has 0 nitrogen and oxygen atoms in total. The molecule has 0 heterocycles. The maximum atomic E-state index is 3.80. The van der Waals surface area contributed by atoms with Crippen LogP contribution in [0.3, 0.4) is 0 Å². The summed E-state index contributed by atoms with van der Waals surface area (Å²) in [4.78, 5) is 0. The van der Waals surface area contributed by atoms with Gasteiger partial charge in [0, 0.05) is 0 Å². The van der Waals surface area contributed by atoms with Crippen LogP contribution in [0.4, 0.5) is 0 Å². The summed E-state index contributed by atoms with van der Waals surface area (Å²) in [6.07, 6.45) is 8.52. The molecule has 2 aliphatic rings. The van der Waals surface area contributed by atoms with Gasteiger partial charge in [0.1, 0.15) is 0 Å². The van der Waals surface area contributed by atoms with Crippen LogP contribution >= 0.6 is 0 Å². The van der Waals surface area contributed by atoms with Crippen LogP contribution in [0.5, 0.6) is 0 Å². The molecule has 0 aliphatic heterocycles. The van der Waals surface area contributed by atoms with Gasteiger partial charge in [-0.1, -0.05) is 44.4 Å². The van der Waals surface area contributed by atoms with Crippen LogP contribution in [0.2, 0.25) is 0 Å². The molecule has 1 saturated carbocycles. The molecule has 62 valence electrons. The fraction of sp³-hybridized carbons (Fsp3) is 0.333. The SMILES string of the molecule is C=CC1=CC2C(C)C2C=C1C=C. The molecular formula is C12H14. The van der Waals surface area contributed by atoms with Gasteiger partial charge in [-0.15, -0.1) is 0 Å². The van der Waals surface area contributed by atoms with Crippen LogP contribution in [-0.4, -0.2) is 0 Å². The average molecular weight is 158 g/mol. The molecule has 0 N–H and O–H groups in total. The lowest BCUT2D eigenvalue weighted by atomic mass is 9.98. The first-order valence-corrected chi connectivity index (χ1v) is 4.47. The van der Waals surface area contributed by atoms with Crippen LogP contribution in [0, 0.1) is 17.8 Å². The molecule has 2 atom stereocenters. The van der Waals surface area contributed by atoms with Gasteiger partial charge in [-0.3, -0.25) is 0 Å². The van der Waals surface area contributed by atoms with Crippen molar-refractivity contribution in [1.82, 2.24) is 0 Å². The number of allylic oxidation sites excluding steroid dienone is 6. The van der Waals surface area contributed by atoms with Crippen LogP contribution in [0.15, 0.2) is 48.6 Å². The van der Waals surface area contributed by atoms with Crippen LogP contribution in [0.25, 0.3) is 0 Å². The first kappa shape index (κ1) is 7.60. The van der Waals surface area contributed by atoms with Crippen molar-refractivity contribution in [3.63, 3.8) is 0 Å². The van der Waals surface area contributed by atoms with E-state index in [9.17, 15) is 0 Å². The Morgan fingerprint density at radius 3 is 1.83 bits per heavy atom. The van der Waals surface area contributed by atoms with Crippen molar-refractivity contribution in [3.8, 4) is 0 Å². The molecule has 0 spiro atoms. The molecule has 12 heavy (non-hydrogen) atoms. The summed E-state index contributed by atoms with van der Waals surface area (Å²) in [7, 11) is 0. The Morgan fingerprint density at radius 1 is 1.08 bits per heavy atom. The largest absolute Gasteiger partial charge is 0.0985 e. The highest BCUT2D eigenvalue weighted by molar-refractivity contribution is 5.50. The number of hydrogen-bond acceptors (Lipinski definition) is 0. The average Bonchev–Trinajstić information content (AvgIpc) is 2.74. The monoisotopic (exact) mass is 158 g/mol. The molecule has 0 aromatic carbocycles. The summed E-state index contributed by atoms with van der Waals surface area (Å²) in [5.74, 6) is 2.39. The molecule has 0 aromatic rings. The highest BCUT2D eigenvalue weighted by atomic mass is 14.5. The second-order valence-electron chi connectivity index (χ2n) is 3.67. The summed E-state index contributed by atoms with van der Waals surface area (Å²) >= 11 is 0. The highest BCUT2D eigenvalue weighted by Crippen LogP contribution is 2.52. The number of rotatable bonds is 2. The Labute approximate surface area is 74.0 Å². The van der Waals surface area contributed by atoms with E-state index in [4.69, 9.17) is 0 Å². The van der Waals surface area contributed by atoms with Crippen molar-refractivity contribution in [2.45, 2.75) is 6.92 Å². The Bertz CT molecular complexity index is 261. The molecule has 0 heteroatoms. The van der Waals surface area contributed by atoms with E-state index in [-0.39, 0.29) is 0 Å². The van der Waals surface area contributed by atoms with Gasteiger partial charge in [0.05, 0.1) is 0 Å². The predicted octanol–water partition coefficient (Wildman–Crippen LogP) is 3.11. The maximum absolute atomic E-state index is 3.80. The molecule has 2 aliphatic carbocycles. The Kier molecular flexibility index (Phi) is 1.57. The molecule has 2 unspecified atom stereocenters. The van der Waals surface area contributed by atoms with E-state index >= 15 is 0 Å². The minimum Gasteiger partial charge on any atom is -0.0985 e. The maximum Gasteiger partial charge on any atom is -0.0127 e. The van der Waals surface area contributed by atoms with E-state index < -0.39 is 0 Å². The summed E-state index contributed by atoms with van der Waals surface area (Å²) < 4.78 is 0. The molecule has 1 fully saturated rings. The third kappa shape index (κ3) is 0.911. The molecule has 2 rings (SSSR count). The van der Waals surface area contributed by atoms with Gasteiger partial charge < -0.3 is 0 Å². The fourth-order valence-electron chi connectivity index (χ4n) is 2.03.